The van der Waals surface area contributed by atoms with Crippen molar-refractivity contribution in [2.45, 2.75) is 26.3 Å². The molecule has 2 unspecified atom stereocenters. The lowest BCUT2D eigenvalue weighted by Crippen LogP contribution is -2.52. The van der Waals surface area contributed by atoms with Gasteiger partial charge >= 0.3 is 12.0 Å². The first-order valence-corrected chi connectivity index (χ1v) is 7.07. The summed E-state index contributed by atoms with van der Waals surface area (Å²) in [6.07, 6.45) is 0.729. The Labute approximate surface area is 106 Å². The van der Waals surface area contributed by atoms with Gasteiger partial charge in [-0.3, -0.25) is 0 Å². The summed E-state index contributed by atoms with van der Waals surface area (Å²) in [5, 5.41) is 11.7. The highest BCUT2D eigenvalue weighted by Gasteiger charge is 2.27. The van der Waals surface area contributed by atoms with E-state index in [0.29, 0.717) is 13.1 Å². The second-order valence-corrected chi connectivity index (χ2v) is 5.48. The summed E-state index contributed by atoms with van der Waals surface area (Å²) in [6, 6.07) is -1.04. The predicted octanol–water partition coefficient (Wildman–Crippen LogP) is 1.24. The number of carboxylic acids is 1. The third-order valence-corrected chi connectivity index (χ3v) is 4.00. The molecule has 5 nitrogen and oxygen atoms in total. The Hall–Kier alpha value is -0.910. The van der Waals surface area contributed by atoms with Gasteiger partial charge in [-0.15, -0.1) is 0 Å². The fourth-order valence-corrected chi connectivity index (χ4v) is 2.58. The highest BCUT2D eigenvalue weighted by Crippen LogP contribution is 2.11. The molecule has 2 N–H and O–H groups in total. The Morgan fingerprint density at radius 2 is 2.00 bits per heavy atom. The largest absolute Gasteiger partial charge is 0.480 e. The number of nitrogens with zero attached hydrogens (tertiary/aromatic N) is 1. The Bertz CT molecular complexity index is 280. The van der Waals surface area contributed by atoms with Crippen molar-refractivity contribution < 1.29 is 14.7 Å². The lowest BCUT2D eigenvalue weighted by molar-refractivity contribution is -0.140. The summed E-state index contributed by atoms with van der Waals surface area (Å²) >= 11 is 1.81. The maximum absolute atomic E-state index is 11.9. The van der Waals surface area contributed by atoms with Crippen LogP contribution in [0.25, 0.3) is 0 Å². The van der Waals surface area contributed by atoms with E-state index >= 15 is 0 Å². The molecular formula is C11H20N2O3S. The van der Waals surface area contributed by atoms with Crippen molar-refractivity contribution in [1.82, 2.24) is 10.2 Å². The molecule has 1 heterocycles. The van der Waals surface area contributed by atoms with Gasteiger partial charge in [-0.2, -0.15) is 11.8 Å². The molecule has 1 aliphatic heterocycles. The fraction of sp³-hybridized carbons (Fsp3) is 0.818. The molecule has 1 aliphatic rings. The molecule has 0 aromatic rings. The molecule has 1 fully saturated rings. The van der Waals surface area contributed by atoms with Gasteiger partial charge in [0, 0.05) is 24.6 Å². The third kappa shape index (κ3) is 4.11. The van der Waals surface area contributed by atoms with Crippen LogP contribution in [0, 0.1) is 5.92 Å². The van der Waals surface area contributed by atoms with Crippen molar-refractivity contribution in [3.05, 3.63) is 0 Å². The van der Waals surface area contributed by atoms with Gasteiger partial charge in [-0.1, -0.05) is 20.3 Å². The number of nitrogens with one attached hydrogen (secondary N) is 1. The average molecular weight is 260 g/mol. The highest BCUT2D eigenvalue weighted by atomic mass is 32.2. The smallest absolute Gasteiger partial charge is 0.326 e. The minimum Gasteiger partial charge on any atom is -0.480 e. The van der Waals surface area contributed by atoms with Gasteiger partial charge in [0.1, 0.15) is 6.04 Å². The number of carbonyl (C=O) groups excluding carboxylic acids is 1. The summed E-state index contributed by atoms with van der Waals surface area (Å²) in [5.41, 5.74) is 0. The monoisotopic (exact) mass is 260 g/mol. The van der Waals surface area contributed by atoms with Crippen molar-refractivity contribution in [1.29, 1.82) is 0 Å². The Morgan fingerprint density at radius 1 is 1.41 bits per heavy atom. The first-order valence-electron chi connectivity index (χ1n) is 5.92. The van der Waals surface area contributed by atoms with Crippen LogP contribution in [0.15, 0.2) is 0 Å². The molecule has 0 aromatic carbocycles. The standard InChI is InChI=1S/C11H20N2O3S/c1-3-8(2)9(10(14)15)12-11(16)13-4-6-17-7-5-13/h8-9H,3-7H2,1-2H3,(H,12,16)(H,14,15). The Balaban J connectivity index is 2.53. The molecule has 1 rings (SSSR count). The number of thioether (sulfide) groups is 1. The lowest BCUT2D eigenvalue weighted by atomic mass is 9.99. The zero-order chi connectivity index (χ0) is 12.8. The molecule has 0 saturated carbocycles. The van der Waals surface area contributed by atoms with Crippen molar-refractivity contribution in [2.75, 3.05) is 24.6 Å². The summed E-state index contributed by atoms with van der Waals surface area (Å²) in [4.78, 5) is 24.6. The number of carbonyl (C=O) groups is 2. The average Bonchev–Trinajstić information content (AvgIpc) is 2.35. The van der Waals surface area contributed by atoms with E-state index in [0.717, 1.165) is 17.9 Å². The molecular weight excluding hydrogens is 240 g/mol. The summed E-state index contributed by atoms with van der Waals surface area (Å²) in [6.45, 7) is 5.15. The molecule has 0 aliphatic carbocycles. The number of amides is 2. The molecule has 0 bridgehead atoms. The minimum atomic E-state index is -0.959. The van der Waals surface area contributed by atoms with Crippen LogP contribution >= 0.6 is 11.8 Å². The number of aliphatic carboxylic acids is 1. The van der Waals surface area contributed by atoms with E-state index < -0.39 is 12.0 Å². The first kappa shape index (κ1) is 14.2. The maximum Gasteiger partial charge on any atom is 0.326 e. The van der Waals surface area contributed by atoms with Crippen LogP contribution in [0.1, 0.15) is 20.3 Å². The molecule has 17 heavy (non-hydrogen) atoms. The topological polar surface area (TPSA) is 69.6 Å². The van der Waals surface area contributed by atoms with Crippen LogP contribution in [0.2, 0.25) is 0 Å². The van der Waals surface area contributed by atoms with Crippen LogP contribution in [0.4, 0.5) is 4.79 Å². The second-order valence-electron chi connectivity index (χ2n) is 4.25. The van der Waals surface area contributed by atoms with E-state index in [4.69, 9.17) is 5.11 Å². The molecule has 2 atom stereocenters. The maximum atomic E-state index is 11.9. The molecule has 1 saturated heterocycles. The molecule has 0 aromatic heterocycles. The van der Waals surface area contributed by atoms with Crippen LogP contribution in [-0.4, -0.2) is 52.6 Å². The number of hydrogen-bond donors (Lipinski definition) is 2. The fourth-order valence-electron chi connectivity index (χ4n) is 1.67. The predicted molar refractivity (Wildman–Crippen MR) is 68.3 cm³/mol. The van der Waals surface area contributed by atoms with Gasteiger partial charge in [0.15, 0.2) is 0 Å². The van der Waals surface area contributed by atoms with Crippen LogP contribution in [0.5, 0.6) is 0 Å². The van der Waals surface area contributed by atoms with Gasteiger partial charge in [0.05, 0.1) is 0 Å². The van der Waals surface area contributed by atoms with Crippen molar-refractivity contribution in [3.63, 3.8) is 0 Å². The zero-order valence-corrected chi connectivity index (χ0v) is 11.1. The second kappa shape index (κ2) is 6.74. The normalized spacial score (nSPS) is 19.5. The summed E-state index contributed by atoms with van der Waals surface area (Å²) < 4.78 is 0. The van der Waals surface area contributed by atoms with E-state index in [1.807, 2.05) is 25.6 Å². The van der Waals surface area contributed by atoms with E-state index in [1.54, 1.807) is 4.90 Å². The lowest BCUT2D eigenvalue weighted by Gasteiger charge is -2.29. The SMILES string of the molecule is CCC(C)C(NC(=O)N1CCSCC1)C(=O)O. The van der Waals surface area contributed by atoms with Crippen LogP contribution in [-0.2, 0) is 4.79 Å². The van der Waals surface area contributed by atoms with Gasteiger partial charge in [-0.25, -0.2) is 9.59 Å². The highest BCUT2D eigenvalue weighted by molar-refractivity contribution is 7.99. The Kier molecular flexibility index (Phi) is 5.61. The van der Waals surface area contributed by atoms with E-state index in [9.17, 15) is 9.59 Å². The zero-order valence-electron chi connectivity index (χ0n) is 10.3. The quantitative estimate of drug-likeness (QED) is 0.798. The minimum absolute atomic E-state index is 0.0596. The Morgan fingerprint density at radius 3 is 2.47 bits per heavy atom. The summed E-state index contributed by atoms with van der Waals surface area (Å²) in [5.74, 6) is 0.831. The molecule has 0 spiro atoms. The van der Waals surface area contributed by atoms with Crippen molar-refractivity contribution in [2.24, 2.45) is 5.92 Å². The van der Waals surface area contributed by atoms with Gasteiger partial charge < -0.3 is 15.3 Å². The van der Waals surface area contributed by atoms with Gasteiger partial charge in [0.2, 0.25) is 0 Å². The molecule has 2 amide bonds. The molecule has 98 valence electrons. The van der Waals surface area contributed by atoms with E-state index in [1.165, 1.54) is 0 Å². The number of carboxylic acid groups (broad SMARTS) is 1. The number of rotatable bonds is 4. The number of hydrogen-bond acceptors (Lipinski definition) is 3. The van der Waals surface area contributed by atoms with Gasteiger partial charge in [-0.05, 0) is 5.92 Å². The first-order chi connectivity index (χ1) is 8.06. The van der Waals surface area contributed by atoms with Crippen LogP contribution in [0.3, 0.4) is 0 Å². The molecule has 0 radical (unpaired) electrons. The van der Waals surface area contributed by atoms with Crippen molar-refractivity contribution >= 4 is 23.8 Å². The van der Waals surface area contributed by atoms with Gasteiger partial charge in [0.25, 0.3) is 0 Å². The summed E-state index contributed by atoms with van der Waals surface area (Å²) in [7, 11) is 0. The van der Waals surface area contributed by atoms with Crippen molar-refractivity contribution in [3.8, 4) is 0 Å². The number of urea groups is 1. The molecule has 6 heteroatoms. The van der Waals surface area contributed by atoms with E-state index in [2.05, 4.69) is 5.32 Å². The van der Waals surface area contributed by atoms with Crippen LogP contribution < -0.4 is 5.32 Å². The third-order valence-electron chi connectivity index (χ3n) is 3.06. The van der Waals surface area contributed by atoms with E-state index in [-0.39, 0.29) is 11.9 Å².